The molecular formula is C16H20S4. The third-order valence-electron chi connectivity index (χ3n) is 3.11. The third kappa shape index (κ3) is 7.58. The lowest BCUT2D eigenvalue weighted by Gasteiger charge is -2.05. The van der Waals surface area contributed by atoms with Gasteiger partial charge < -0.3 is 0 Å². The molecule has 0 saturated heterocycles. The van der Waals surface area contributed by atoms with E-state index in [1.807, 2.05) is 0 Å². The molecule has 0 heterocycles. The van der Waals surface area contributed by atoms with Gasteiger partial charge in [0.15, 0.2) is 0 Å². The highest BCUT2D eigenvalue weighted by Crippen LogP contribution is 2.08. The van der Waals surface area contributed by atoms with Crippen molar-refractivity contribution in [2.45, 2.75) is 51.4 Å². The van der Waals surface area contributed by atoms with Gasteiger partial charge in [-0.25, -0.2) is 0 Å². The summed E-state index contributed by atoms with van der Waals surface area (Å²) in [5.41, 5.74) is 0. The fourth-order valence-corrected chi connectivity index (χ4v) is 2.77. The molecule has 0 atom stereocenters. The first-order chi connectivity index (χ1) is 9.61. The van der Waals surface area contributed by atoms with Gasteiger partial charge in [0.1, 0.15) is 0 Å². The van der Waals surface area contributed by atoms with Crippen LogP contribution in [0.5, 0.6) is 0 Å². The molecule has 0 amide bonds. The summed E-state index contributed by atoms with van der Waals surface area (Å²) in [6.45, 7) is 0. The summed E-state index contributed by atoms with van der Waals surface area (Å²) in [4.78, 5) is 3.78. The summed E-state index contributed by atoms with van der Waals surface area (Å²) in [6.07, 6.45) is 16.1. The second-order valence-electron chi connectivity index (χ2n) is 4.79. The smallest absolute Gasteiger partial charge is 0.0294 e. The van der Waals surface area contributed by atoms with Gasteiger partial charge in [-0.05, 0) is 51.4 Å². The van der Waals surface area contributed by atoms with Crippen molar-refractivity contribution in [3.05, 3.63) is 24.3 Å². The van der Waals surface area contributed by atoms with Gasteiger partial charge in [0.05, 0.1) is 0 Å². The third-order valence-corrected chi connectivity index (χ3v) is 5.17. The molecule has 1 aliphatic rings. The zero-order valence-corrected chi connectivity index (χ0v) is 14.9. The van der Waals surface area contributed by atoms with Crippen molar-refractivity contribution in [2.24, 2.45) is 0 Å². The summed E-state index contributed by atoms with van der Waals surface area (Å²) < 4.78 is 0. The Morgan fingerprint density at radius 3 is 0.850 bits per heavy atom. The topological polar surface area (TPSA) is 0 Å². The normalized spacial score (nSPS) is 23.6. The second kappa shape index (κ2) is 10.6. The van der Waals surface area contributed by atoms with Crippen LogP contribution in [-0.4, -0.2) is 19.5 Å². The molecule has 1 rings (SSSR count). The Morgan fingerprint density at radius 1 is 0.450 bits per heavy atom. The van der Waals surface area contributed by atoms with E-state index in [1.54, 1.807) is 0 Å². The maximum absolute atomic E-state index is 5.36. The Kier molecular flexibility index (Phi) is 9.44. The van der Waals surface area contributed by atoms with Crippen molar-refractivity contribution in [2.75, 3.05) is 0 Å². The van der Waals surface area contributed by atoms with Crippen LogP contribution in [0.2, 0.25) is 0 Å². The number of hydrogen-bond donors (Lipinski definition) is 0. The first-order valence-corrected chi connectivity index (χ1v) is 8.66. The largest absolute Gasteiger partial charge is 0.0882 e. The first-order valence-electron chi connectivity index (χ1n) is 7.03. The van der Waals surface area contributed by atoms with Crippen LogP contribution in [0.15, 0.2) is 24.3 Å². The number of thiocarbonyl (C=S) groups is 4. The molecule has 0 unspecified atom stereocenters. The van der Waals surface area contributed by atoms with E-state index in [1.165, 1.54) is 0 Å². The fraction of sp³-hybridized carbons (Fsp3) is 0.500. The minimum absolute atomic E-state index is 0.886. The van der Waals surface area contributed by atoms with Crippen LogP contribution in [0.3, 0.4) is 0 Å². The second-order valence-corrected chi connectivity index (χ2v) is 6.76. The van der Waals surface area contributed by atoms with Gasteiger partial charge in [-0.1, -0.05) is 73.2 Å². The van der Waals surface area contributed by atoms with E-state index in [0.29, 0.717) is 0 Å². The maximum atomic E-state index is 5.36. The molecule has 0 aromatic heterocycles. The van der Waals surface area contributed by atoms with Crippen LogP contribution < -0.4 is 0 Å². The van der Waals surface area contributed by atoms with E-state index in [9.17, 15) is 0 Å². The molecule has 0 saturated carbocycles. The van der Waals surface area contributed by atoms with Crippen molar-refractivity contribution < 1.29 is 0 Å². The molecular weight excluding hydrogens is 320 g/mol. The molecule has 1 aliphatic carbocycles. The molecule has 0 aliphatic heterocycles. The highest BCUT2D eigenvalue weighted by atomic mass is 32.1. The van der Waals surface area contributed by atoms with E-state index >= 15 is 0 Å². The van der Waals surface area contributed by atoms with Gasteiger partial charge in [-0.15, -0.1) is 0 Å². The lowest BCUT2D eigenvalue weighted by molar-refractivity contribution is 1.04. The quantitative estimate of drug-likeness (QED) is 0.409. The number of allylic oxidation sites excluding steroid dienone is 4. The molecule has 0 aromatic rings. The standard InChI is InChI=1S/C16H20S4/c17-13-9-5-1-2-6-10-14(18)16(20)12-8-4-3-7-11-15(13)19/h1-4H,5-12H2/b2-1+,4-3+. The maximum Gasteiger partial charge on any atom is 0.0294 e. The summed E-state index contributed by atoms with van der Waals surface area (Å²) in [6, 6.07) is 0. The minimum Gasteiger partial charge on any atom is -0.0882 e. The lowest BCUT2D eigenvalue weighted by Crippen LogP contribution is -2.09. The van der Waals surface area contributed by atoms with Crippen LogP contribution in [0.1, 0.15) is 51.4 Å². The number of hydrogen-bond acceptors (Lipinski definition) is 4. The Hall–Kier alpha value is -0.160. The molecule has 4 heteroatoms. The highest BCUT2D eigenvalue weighted by molar-refractivity contribution is 7.89. The van der Waals surface area contributed by atoms with Gasteiger partial charge >= 0.3 is 0 Å². The monoisotopic (exact) mass is 340 g/mol. The van der Waals surface area contributed by atoms with Crippen molar-refractivity contribution in [1.29, 1.82) is 0 Å². The summed E-state index contributed by atoms with van der Waals surface area (Å²) in [7, 11) is 0. The minimum atomic E-state index is 0.886. The lowest BCUT2D eigenvalue weighted by atomic mass is 10.1. The van der Waals surface area contributed by atoms with Crippen molar-refractivity contribution >= 4 is 68.3 Å². The van der Waals surface area contributed by atoms with Crippen LogP contribution in [0.25, 0.3) is 0 Å². The van der Waals surface area contributed by atoms with E-state index < -0.39 is 0 Å². The zero-order chi connectivity index (χ0) is 14.8. The molecule has 0 radical (unpaired) electrons. The van der Waals surface area contributed by atoms with E-state index in [4.69, 9.17) is 48.9 Å². The van der Waals surface area contributed by atoms with Crippen LogP contribution >= 0.6 is 48.9 Å². The average molecular weight is 341 g/mol. The van der Waals surface area contributed by atoms with Gasteiger partial charge in [0, 0.05) is 19.5 Å². The van der Waals surface area contributed by atoms with Gasteiger partial charge in [0.2, 0.25) is 0 Å². The number of rotatable bonds is 0. The predicted molar refractivity (Wildman–Crippen MR) is 106 cm³/mol. The molecule has 20 heavy (non-hydrogen) atoms. The van der Waals surface area contributed by atoms with Crippen molar-refractivity contribution in [3.8, 4) is 0 Å². The van der Waals surface area contributed by atoms with Gasteiger partial charge in [-0.2, -0.15) is 0 Å². The Labute approximate surface area is 143 Å². The van der Waals surface area contributed by atoms with Crippen molar-refractivity contribution in [1.82, 2.24) is 0 Å². The molecule has 0 bridgehead atoms. The van der Waals surface area contributed by atoms with Crippen LogP contribution in [0, 0.1) is 0 Å². The Morgan fingerprint density at radius 2 is 0.650 bits per heavy atom. The SMILES string of the molecule is S=C1CC/C=C/CCC(=S)C(=S)CC/C=C/CCC1=S. The molecule has 0 spiro atoms. The molecule has 0 N–H and O–H groups in total. The predicted octanol–water partition coefficient (Wildman–Crippen LogP) is 5.71. The first kappa shape index (κ1) is 17.9. The summed E-state index contributed by atoms with van der Waals surface area (Å²) >= 11 is 21.5. The fourth-order valence-electron chi connectivity index (χ4n) is 1.89. The molecule has 0 nitrogen and oxygen atoms in total. The van der Waals surface area contributed by atoms with E-state index in [-0.39, 0.29) is 0 Å². The zero-order valence-electron chi connectivity index (χ0n) is 11.6. The van der Waals surface area contributed by atoms with Gasteiger partial charge in [0.25, 0.3) is 0 Å². The molecule has 0 fully saturated rings. The van der Waals surface area contributed by atoms with Crippen molar-refractivity contribution in [3.63, 3.8) is 0 Å². The van der Waals surface area contributed by atoms with Crippen LogP contribution in [-0.2, 0) is 0 Å². The highest BCUT2D eigenvalue weighted by Gasteiger charge is 2.05. The average Bonchev–Trinajstić information content (AvgIpc) is 2.44. The summed E-state index contributed by atoms with van der Waals surface area (Å²) in [5.74, 6) is 0. The van der Waals surface area contributed by atoms with E-state index in [2.05, 4.69) is 24.3 Å². The summed E-state index contributed by atoms with van der Waals surface area (Å²) in [5, 5.41) is 0. The van der Waals surface area contributed by atoms with Gasteiger partial charge in [-0.3, -0.25) is 0 Å². The Balaban J connectivity index is 2.57. The van der Waals surface area contributed by atoms with Crippen LogP contribution in [0.4, 0.5) is 0 Å². The molecule has 0 aromatic carbocycles. The molecule has 108 valence electrons. The Bertz CT molecular complexity index is 361. The van der Waals surface area contributed by atoms with E-state index in [0.717, 1.165) is 70.8 Å².